The molecule has 26 heavy (non-hydrogen) atoms. The van der Waals surface area contributed by atoms with E-state index in [1.54, 1.807) is 0 Å². The van der Waals surface area contributed by atoms with E-state index in [1.807, 2.05) is 32.3 Å². The molecule has 0 atom stereocenters. The molecule has 1 aliphatic carbocycles. The summed E-state index contributed by atoms with van der Waals surface area (Å²) in [5, 5.41) is 19.8. The van der Waals surface area contributed by atoms with Crippen LogP contribution in [0.25, 0.3) is 0 Å². The van der Waals surface area contributed by atoms with Gasteiger partial charge >= 0.3 is 0 Å². The molecular weight excluding hydrogens is 328 g/mol. The third-order valence-electron chi connectivity index (χ3n) is 5.97. The van der Waals surface area contributed by atoms with Crippen LogP contribution in [0.4, 0.5) is 0 Å². The molecule has 3 heterocycles. The molecule has 1 aliphatic heterocycles. The summed E-state index contributed by atoms with van der Waals surface area (Å²) >= 11 is 0. The van der Waals surface area contributed by atoms with E-state index in [4.69, 9.17) is 5.73 Å². The fraction of sp³-hybridized carbons (Fsp3) is 0.632. The number of nitrogens with zero attached hydrogens (tertiary/aromatic N) is 5. The van der Waals surface area contributed by atoms with E-state index in [9.17, 15) is 5.11 Å². The number of piperidine rings is 1. The van der Waals surface area contributed by atoms with Crippen LogP contribution in [0.3, 0.4) is 0 Å². The third-order valence-corrected chi connectivity index (χ3v) is 5.97. The van der Waals surface area contributed by atoms with Gasteiger partial charge in [0.1, 0.15) is 17.2 Å². The molecule has 2 aromatic heterocycles. The van der Waals surface area contributed by atoms with Crippen LogP contribution in [0.1, 0.15) is 54.5 Å². The van der Waals surface area contributed by atoms with Gasteiger partial charge in [-0.15, -0.1) is 10.2 Å². The first-order valence-electron chi connectivity index (χ1n) is 9.46. The molecule has 2 aliphatic rings. The highest BCUT2D eigenvalue weighted by Gasteiger charge is 2.36. The van der Waals surface area contributed by atoms with Gasteiger partial charge in [-0.25, -0.2) is 0 Å². The molecule has 0 bridgehead atoms. The van der Waals surface area contributed by atoms with Crippen molar-refractivity contribution in [2.75, 3.05) is 13.1 Å². The number of aromatic nitrogens is 4. The zero-order valence-electron chi connectivity index (χ0n) is 15.6. The molecule has 0 unspecified atom stereocenters. The van der Waals surface area contributed by atoms with Crippen molar-refractivity contribution in [3.05, 3.63) is 41.2 Å². The van der Waals surface area contributed by atoms with Gasteiger partial charge in [0.05, 0.1) is 12.2 Å². The summed E-state index contributed by atoms with van der Waals surface area (Å²) in [7, 11) is 2.05. The Hall–Kier alpha value is -1.83. The number of nitrogens with two attached hydrogens (primary N) is 1. The average molecular weight is 356 g/mol. The number of pyridine rings is 1. The fourth-order valence-electron chi connectivity index (χ4n) is 4.02. The van der Waals surface area contributed by atoms with Gasteiger partial charge in [0, 0.05) is 38.3 Å². The largest absolute Gasteiger partial charge is 0.383 e. The standard InChI is InChI=1S/C19H28N6O/c1-13-3-4-16(21-11-13)19(26)5-7-25(8-6-19)12-17-22-23-18(24(17)2)14-9-15(20)10-14/h3-4,11,14-15,26H,5-10,12,20H2,1-2H3. The molecule has 7 heteroatoms. The van der Waals surface area contributed by atoms with Crippen LogP contribution in [-0.2, 0) is 19.2 Å². The molecule has 3 N–H and O–H groups in total. The Kier molecular flexibility index (Phi) is 4.54. The molecule has 140 valence electrons. The molecule has 0 amide bonds. The Labute approximate surface area is 154 Å². The van der Waals surface area contributed by atoms with Crippen molar-refractivity contribution in [3.63, 3.8) is 0 Å². The van der Waals surface area contributed by atoms with Crippen molar-refractivity contribution in [1.82, 2.24) is 24.6 Å². The van der Waals surface area contributed by atoms with E-state index < -0.39 is 5.60 Å². The number of aryl methyl sites for hydroxylation is 1. The van der Waals surface area contributed by atoms with E-state index in [0.29, 0.717) is 24.8 Å². The van der Waals surface area contributed by atoms with Crippen LogP contribution in [-0.4, -0.2) is 48.9 Å². The molecule has 0 radical (unpaired) electrons. The second-order valence-corrected chi connectivity index (χ2v) is 7.99. The number of likely N-dealkylation sites (tertiary alicyclic amines) is 1. The molecule has 1 saturated carbocycles. The van der Waals surface area contributed by atoms with Gasteiger partial charge in [-0.2, -0.15) is 0 Å². The fourth-order valence-corrected chi connectivity index (χ4v) is 4.02. The molecule has 2 aromatic rings. The lowest BCUT2D eigenvalue weighted by Crippen LogP contribution is -2.43. The Morgan fingerprint density at radius 2 is 1.96 bits per heavy atom. The summed E-state index contributed by atoms with van der Waals surface area (Å²) in [4.78, 5) is 6.77. The molecule has 7 nitrogen and oxygen atoms in total. The normalized spacial score (nSPS) is 25.8. The van der Waals surface area contributed by atoms with Gasteiger partial charge < -0.3 is 15.4 Å². The predicted molar refractivity (Wildman–Crippen MR) is 98.3 cm³/mol. The van der Waals surface area contributed by atoms with Crippen LogP contribution in [0.5, 0.6) is 0 Å². The Balaban J connectivity index is 1.37. The van der Waals surface area contributed by atoms with Gasteiger partial charge in [-0.1, -0.05) is 6.07 Å². The van der Waals surface area contributed by atoms with Crippen molar-refractivity contribution >= 4 is 0 Å². The Morgan fingerprint density at radius 3 is 2.58 bits per heavy atom. The molecule has 4 rings (SSSR count). The maximum Gasteiger partial charge on any atom is 0.146 e. The lowest BCUT2D eigenvalue weighted by Gasteiger charge is -2.37. The summed E-state index contributed by atoms with van der Waals surface area (Å²) in [5.74, 6) is 2.49. The minimum atomic E-state index is -0.822. The van der Waals surface area contributed by atoms with Crippen LogP contribution in [0.2, 0.25) is 0 Å². The van der Waals surface area contributed by atoms with Gasteiger partial charge in [0.15, 0.2) is 0 Å². The zero-order chi connectivity index (χ0) is 18.3. The van der Waals surface area contributed by atoms with Gasteiger partial charge in [0.2, 0.25) is 0 Å². The zero-order valence-corrected chi connectivity index (χ0v) is 15.6. The highest BCUT2D eigenvalue weighted by Crippen LogP contribution is 2.35. The first-order chi connectivity index (χ1) is 12.4. The van der Waals surface area contributed by atoms with E-state index in [2.05, 4.69) is 24.6 Å². The summed E-state index contributed by atoms with van der Waals surface area (Å²) < 4.78 is 2.12. The quantitative estimate of drug-likeness (QED) is 0.855. The van der Waals surface area contributed by atoms with Gasteiger partial charge in [-0.3, -0.25) is 9.88 Å². The monoisotopic (exact) mass is 356 g/mol. The van der Waals surface area contributed by atoms with E-state index in [0.717, 1.165) is 55.4 Å². The number of hydrogen-bond acceptors (Lipinski definition) is 6. The first-order valence-corrected chi connectivity index (χ1v) is 9.46. The lowest BCUT2D eigenvalue weighted by atomic mass is 9.80. The number of rotatable bonds is 4. The second kappa shape index (κ2) is 6.72. The van der Waals surface area contributed by atoms with Crippen molar-refractivity contribution < 1.29 is 5.11 Å². The van der Waals surface area contributed by atoms with Crippen LogP contribution < -0.4 is 5.73 Å². The van der Waals surface area contributed by atoms with Crippen molar-refractivity contribution in [1.29, 1.82) is 0 Å². The van der Waals surface area contributed by atoms with E-state index in [1.165, 1.54) is 0 Å². The summed E-state index contributed by atoms with van der Waals surface area (Å²) in [6, 6.07) is 4.28. The lowest BCUT2D eigenvalue weighted by molar-refractivity contribution is -0.0317. The Morgan fingerprint density at radius 1 is 1.23 bits per heavy atom. The maximum atomic E-state index is 11.0. The van der Waals surface area contributed by atoms with E-state index in [-0.39, 0.29) is 0 Å². The molecule has 1 saturated heterocycles. The van der Waals surface area contributed by atoms with Crippen molar-refractivity contribution in [2.24, 2.45) is 12.8 Å². The van der Waals surface area contributed by atoms with Crippen LogP contribution in [0.15, 0.2) is 18.3 Å². The maximum absolute atomic E-state index is 11.0. The highest BCUT2D eigenvalue weighted by atomic mass is 16.3. The summed E-state index contributed by atoms with van der Waals surface area (Å²) in [6.45, 7) is 4.42. The predicted octanol–water partition coefficient (Wildman–Crippen LogP) is 1.21. The van der Waals surface area contributed by atoms with Crippen LogP contribution >= 0.6 is 0 Å². The van der Waals surface area contributed by atoms with Gasteiger partial charge in [0.25, 0.3) is 0 Å². The van der Waals surface area contributed by atoms with Gasteiger partial charge in [-0.05, 0) is 44.2 Å². The molecular formula is C19H28N6O. The number of aliphatic hydroxyl groups is 1. The molecule has 0 aromatic carbocycles. The third kappa shape index (κ3) is 3.26. The molecule has 2 fully saturated rings. The second-order valence-electron chi connectivity index (χ2n) is 7.99. The number of hydrogen-bond donors (Lipinski definition) is 2. The topological polar surface area (TPSA) is 93.1 Å². The Bertz CT molecular complexity index is 757. The van der Waals surface area contributed by atoms with Crippen molar-refractivity contribution in [3.8, 4) is 0 Å². The minimum absolute atomic E-state index is 0.315. The smallest absolute Gasteiger partial charge is 0.146 e. The van der Waals surface area contributed by atoms with Crippen LogP contribution in [0, 0.1) is 6.92 Å². The highest BCUT2D eigenvalue weighted by molar-refractivity contribution is 5.18. The molecule has 0 spiro atoms. The van der Waals surface area contributed by atoms with Crippen molar-refractivity contribution in [2.45, 2.75) is 56.7 Å². The first kappa shape index (κ1) is 17.6. The van der Waals surface area contributed by atoms with E-state index >= 15 is 0 Å². The average Bonchev–Trinajstić information content (AvgIpc) is 2.95. The SMILES string of the molecule is Cc1ccc(C2(O)CCN(Cc3nnc(C4CC(N)C4)n3C)CC2)nc1. The summed E-state index contributed by atoms with van der Waals surface area (Å²) in [6.07, 6.45) is 5.21. The minimum Gasteiger partial charge on any atom is -0.383 e. The summed E-state index contributed by atoms with van der Waals surface area (Å²) in [5.41, 5.74) is 6.97.